The number of hydrogen-bond acceptors (Lipinski definition) is 4. The molecule has 0 aromatic carbocycles. The number of aliphatic hydroxyl groups is 1. The summed E-state index contributed by atoms with van der Waals surface area (Å²) in [7, 11) is 0. The van der Waals surface area contributed by atoms with Crippen molar-refractivity contribution in [2.75, 3.05) is 33.0 Å². The summed E-state index contributed by atoms with van der Waals surface area (Å²) in [6, 6.07) is 0. The molecule has 0 aliphatic rings. The van der Waals surface area contributed by atoms with Crippen LogP contribution in [0.1, 0.15) is 20.3 Å². The molecule has 0 aliphatic carbocycles. The highest BCUT2D eigenvalue weighted by molar-refractivity contribution is 4.75. The average molecular weight is 191 g/mol. The van der Waals surface area contributed by atoms with Crippen LogP contribution in [-0.2, 0) is 9.47 Å². The minimum absolute atomic E-state index is 0.148. The van der Waals surface area contributed by atoms with Crippen LogP contribution in [0.3, 0.4) is 0 Å². The summed E-state index contributed by atoms with van der Waals surface area (Å²) in [6.07, 6.45) is 0.641. The molecule has 0 amide bonds. The second-order valence-electron chi connectivity index (χ2n) is 3.22. The second-order valence-corrected chi connectivity index (χ2v) is 3.22. The fraction of sp³-hybridized carbons (Fsp3) is 1.00. The molecule has 0 aromatic rings. The lowest BCUT2D eigenvalue weighted by Crippen LogP contribution is -2.42. The van der Waals surface area contributed by atoms with Gasteiger partial charge in [0.1, 0.15) is 5.60 Å². The van der Waals surface area contributed by atoms with Gasteiger partial charge in [0.25, 0.3) is 0 Å². The van der Waals surface area contributed by atoms with Crippen molar-refractivity contribution in [2.24, 2.45) is 5.73 Å². The lowest BCUT2D eigenvalue weighted by atomic mass is 10.1. The molecule has 1 unspecified atom stereocenters. The third kappa shape index (κ3) is 5.99. The van der Waals surface area contributed by atoms with Crippen molar-refractivity contribution in [3.63, 3.8) is 0 Å². The van der Waals surface area contributed by atoms with Gasteiger partial charge in [0.15, 0.2) is 0 Å². The molecule has 4 heteroatoms. The van der Waals surface area contributed by atoms with Gasteiger partial charge in [-0.05, 0) is 20.3 Å². The highest BCUT2D eigenvalue weighted by atomic mass is 16.5. The minimum atomic E-state index is -0.412. The molecule has 0 saturated carbocycles. The number of aliphatic hydroxyl groups excluding tert-OH is 1. The van der Waals surface area contributed by atoms with Crippen LogP contribution < -0.4 is 5.73 Å². The molecule has 3 N–H and O–H groups in total. The molecule has 0 aliphatic heterocycles. The zero-order chi connectivity index (χ0) is 10.2. The maximum absolute atomic E-state index is 8.57. The van der Waals surface area contributed by atoms with Crippen molar-refractivity contribution < 1.29 is 14.6 Å². The molecule has 0 aromatic heterocycles. The van der Waals surface area contributed by atoms with Gasteiger partial charge in [-0.15, -0.1) is 0 Å². The largest absolute Gasteiger partial charge is 0.396 e. The fourth-order valence-corrected chi connectivity index (χ4v) is 0.861. The van der Waals surface area contributed by atoms with Gasteiger partial charge >= 0.3 is 0 Å². The van der Waals surface area contributed by atoms with Crippen LogP contribution in [0.15, 0.2) is 0 Å². The Bertz CT molecular complexity index is 121. The standard InChI is InChI=1S/C9H21NO3/c1-3-12-8-9(2,7-10)13-6-4-5-11/h11H,3-8,10H2,1-2H3. The highest BCUT2D eigenvalue weighted by Gasteiger charge is 2.22. The van der Waals surface area contributed by atoms with E-state index in [9.17, 15) is 0 Å². The van der Waals surface area contributed by atoms with E-state index in [0.29, 0.717) is 32.8 Å². The van der Waals surface area contributed by atoms with Gasteiger partial charge in [-0.25, -0.2) is 0 Å². The summed E-state index contributed by atoms with van der Waals surface area (Å²) >= 11 is 0. The molecule has 4 nitrogen and oxygen atoms in total. The third-order valence-electron chi connectivity index (χ3n) is 1.80. The lowest BCUT2D eigenvalue weighted by Gasteiger charge is -2.27. The van der Waals surface area contributed by atoms with Gasteiger partial charge in [0.05, 0.1) is 6.61 Å². The van der Waals surface area contributed by atoms with Crippen LogP contribution in [-0.4, -0.2) is 43.7 Å². The Morgan fingerprint density at radius 1 is 1.46 bits per heavy atom. The summed E-state index contributed by atoms with van der Waals surface area (Å²) in [5.74, 6) is 0. The summed E-state index contributed by atoms with van der Waals surface area (Å²) in [4.78, 5) is 0. The Morgan fingerprint density at radius 2 is 2.15 bits per heavy atom. The van der Waals surface area contributed by atoms with Crippen LogP contribution >= 0.6 is 0 Å². The van der Waals surface area contributed by atoms with Crippen molar-refractivity contribution in [3.8, 4) is 0 Å². The first kappa shape index (κ1) is 12.8. The molecule has 0 fully saturated rings. The lowest BCUT2D eigenvalue weighted by molar-refractivity contribution is -0.0813. The first-order valence-corrected chi connectivity index (χ1v) is 4.71. The van der Waals surface area contributed by atoms with Gasteiger partial charge in [-0.3, -0.25) is 0 Å². The molecule has 0 heterocycles. The monoisotopic (exact) mass is 191 g/mol. The van der Waals surface area contributed by atoms with Crippen molar-refractivity contribution in [3.05, 3.63) is 0 Å². The summed E-state index contributed by atoms with van der Waals surface area (Å²) in [5, 5.41) is 8.57. The summed E-state index contributed by atoms with van der Waals surface area (Å²) in [5.41, 5.74) is 5.15. The molecule has 0 saturated heterocycles. The summed E-state index contributed by atoms with van der Waals surface area (Å²) < 4.78 is 10.8. The molecule has 0 spiro atoms. The van der Waals surface area contributed by atoms with E-state index in [2.05, 4.69) is 0 Å². The predicted octanol–water partition coefficient (Wildman–Crippen LogP) is 0.139. The van der Waals surface area contributed by atoms with Crippen LogP contribution in [0.4, 0.5) is 0 Å². The van der Waals surface area contributed by atoms with E-state index < -0.39 is 5.60 Å². The fourth-order valence-electron chi connectivity index (χ4n) is 0.861. The van der Waals surface area contributed by atoms with E-state index in [1.54, 1.807) is 0 Å². The Labute approximate surface area is 80.0 Å². The number of hydrogen-bond donors (Lipinski definition) is 2. The number of ether oxygens (including phenoxy) is 2. The first-order valence-electron chi connectivity index (χ1n) is 4.71. The Hall–Kier alpha value is -0.160. The quantitative estimate of drug-likeness (QED) is 0.536. The van der Waals surface area contributed by atoms with Gasteiger partial charge in [-0.2, -0.15) is 0 Å². The van der Waals surface area contributed by atoms with Gasteiger partial charge in [0.2, 0.25) is 0 Å². The molecule has 0 radical (unpaired) electrons. The zero-order valence-corrected chi connectivity index (χ0v) is 8.58. The zero-order valence-electron chi connectivity index (χ0n) is 8.58. The molecule has 0 rings (SSSR count). The number of nitrogens with two attached hydrogens (primary N) is 1. The maximum atomic E-state index is 8.57. The molecular formula is C9H21NO3. The van der Waals surface area contributed by atoms with Crippen molar-refractivity contribution >= 4 is 0 Å². The van der Waals surface area contributed by atoms with E-state index in [-0.39, 0.29) is 6.61 Å². The Morgan fingerprint density at radius 3 is 2.62 bits per heavy atom. The molecule has 0 bridgehead atoms. The van der Waals surface area contributed by atoms with E-state index in [4.69, 9.17) is 20.3 Å². The van der Waals surface area contributed by atoms with Crippen molar-refractivity contribution in [1.82, 2.24) is 0 Å². The van der Waals surface area contributed by atoms with Crippen LogP contribution in [0, 0.1) is 0 Å². The van der Waals surface area contributed by atoms with Crippen LogP contribution in [0.25, 0.3) is 0 Å². The second kappa shape index (κ2) is 7.26. The Kier molecular flexibility index (Phi) is 7.17. The molecule has 80 valence electrons. The van der Waals surface area contributed by atoms with Crippen molar-refractivity contribution in [2.45, 2.75) is 25.9 Å². The normalized spacial score (nSPS) is 15.7. The van der Waals surface area contributed by atoms with E-state index in [1.807, 2.05) is 13.8 Å². The minimum Gasteiger partial charge on any atom is -0.396 e. The van der Waals surface area contributed by atoms with Crippen LogP contribution in [0.2, 0.25) is 0 Å². The summed E-state index contributed by atoms with van der Waals surface area (Å²) in [6.45, 7) is 6.13. The molecule has 13 heavy (non-hydrogen) atoms. The average Bonchev–Trinajstić information content (AvgIpc) is 2.15. The van der Waals surface area contributed by atoms with Crippen LogP contribution in [0.5, 0.6) is 0 Å². The Balaban J connectivity index is 3.67. The van der Waals surface area contributed by atoms with Crippen molar-refractivity contribution in [1.29, 1.82) is 0 Å². The SMILES string of the molecule is CCOCC(C)(CN)OCCCO. The van der Waals surface area contributed by atoms with E-state index >= 15 is 0 Å². The van der Waals surface area contributed by atoms with Gasteiger partial charge in [0, 0.05) is 26.4 Å². The number of rotatable bonds is 8. The smallest absolute Gasteiger partial charge is 0.101 e. The molecule has 1 atom stereocenters. The maximum Gasteiger partial charge on any atom is 0.101 e. The topological polar surface area (TPSA) is 64.7 Å². The highest BCUT2D eigenvalue weighted by Crippen LogP contribution is 2.09. The third-order valence-corrected chi connectivity index (χ3v) is 1.80. The van der Waals surface area contributed by atoms with Gasteiger partial charge in [-0.1, -0.05) is 0 Å². The van der Waals surface area contributed by atoms with Gasteiger partial charge < -0.3 is 20.3 Å². The molecular weight excluding hydrogens is 170 g/mol. The van der Waals surface area contributed by atoms with E-state index in [0.717, 1.165) is 0 Å². The first-order chi connectivity index (χ1) is 6.18. The predicted molar refractivity (Wildman–Crippen MR) is 51.6 cm³/mol. The van der Waals surface area contributed by atoms with E-state index in [1.165, 1.54) is 0 Å².